The van der Waals surface area contributed by atoms with Crippen molar-refractivity contribution in [3.05, 3.63) is 0 Å². The van der Waals surface area contributed by atoms with E-state index in [9.17, 15) is 0 Å². The van der Waals surface area contributed by atoms with Crippen molar-refractivity contribution in [3.63, 3.8) is 0 Å². The molecule has 0 N–H and O–H groups in total. The zero-order valence-electron chi connectivity index (χ0n) is 13.3. The number of hydrogen-bond donors (Lipinski definition) is 0. The van der Waals surface area contributed by atoms with Gasteiger partial charge in [0.2, 0.25) is 0 Å². The molecule has 0 aromatic carbocycles. The van der Waals surface area contributed by atoms with Crippen LogP contribution in [0.15, 0.2) is 0 Å². The van der Waals surface area contributed by atoms with E-state index in [0.717, 1.165) is 21.2 Å². The molecule has 0 amide bonds. The average Bonchev–Trinajstić information content (AvgIpc) is 2.56. The van der Waals surface area contributed by atoms with Gasteiger partial charge in [-0.1, -0.05) is 0 Å². The molecule has 20 heavy (non-hydrogen) atoms. The van der Waals surface area contributed by atoms with Crippen molar-refractivity contribution in [1.82, 2.24) is 0 Å². The van der Waals surface area contributed by atoms with Gasteiger partial charge in [-0.05, 0) is 0 Å². The van der Waals surface area contributed by atoms with Gasteiger partial charge in [0, 0.05) is 0 Å². The monoisotopic (exact) mass is 381 g/mol. The van der Waals surface area contributed by atoms with E-state index in [-0.39, 0.29) is 0 Å². The Kier molecular flexibility index (Phi) is 5.78. The molecule has 0 aromatic rings. The molecule has 0 heterocycles. The SMILES string of the molecule is [Sn][C](C1CCCCC1)(C1CCCCC1)C1CCCCC1. The third-order valence-corrected chi connectivity index (χ3v) is 10.3. The fourth-order valence-corrected chi connectivity index (χ4v) is 8.21. The summed E-state index contributed by atoms with van der Waals surface area (Å²) < 4.78 is 0.800. The number of hydrogen-bond acceptors (Lipinski definition) is 0. The summed E-state index contributed by atoms with van der Waals surface area (Å²) >= 11 is 1.94. The Morgan fingerprint density at radius 1 is 0.450 bits per heavy atom. The molecule has 113 valence electrons. The minimum atomic E-state index is 0.800. The van der Waals surface area contributed by atoms with Crippen molar-refractivity contribution in [2.75, 3.05) is 0 Å². The first-order chi connectivity index (χ1) is 9.82. The van der Waals surface area contributed by atoms with Crippen LogP contribution >= 0.6 is 0 Å². The molecule has 0 spiro atoms. The topological polar surface area (TPSA) is 0 Å². The Morgan fingerprint density at radius 2 is 0.700 bits per heavy atom. The van der Waals surface area contributed by atoms with Crippen molar-refractivity contribution in [3.8, 4) is 0 Å². The van der Waals surface area contributed by atoms with Gasteiger partial charge in [-0.25, -0.2) is 0 Å². The van der Waals surface area contributed by atoms with Gasteiger partial charge in [0.25, 0.3) is 0 Å². The van der Waals surface area contributed by atoms with Crippen LogP contribution in [0, 0.1) is 17.8 Å². The third kappa shape index (κ3) is 3.25. The molecular weight excluding hydrogens is 347 g/mol. The normalized spacial score (nSPS) is 28.6. The summed E-state index contributed by atoms with van der Waals surface area (Å²) in [4.78, 5) is 0. The molecule has 3 saturated carbocycles. The van der Waals surface area contributed by atoms with E-state index in [0.29, 0.717) is 0 Å². The summed E-state index contributed by atoms with van der Waals surface area (Å²) in [5, 5.41) is 0. The fourth-order valence-electron chi connectivity index (χ4n) is 5.74. The molecule has 0 bridgehead atoms. The second kappa shape index (κ2) is 7.38. The van der Waals surface area contributed by atoms with Crippen LogP contribution in [-0.4, -0.2) is 22.5 Å². The standard InChI is InChI=1S/C19H33.Sn/c1-4-10-16(11-5-1)19(17-12-6-2-7-13-17)18-14-8-3-9-15-18;/h16-18H,1-15H2;. The van der Waals surface area contributed by atoms with Gasteiger partial charge in [-0.15, -0.1) is 0 Å². The molecule has 0 atom stereocenters. The quantitative estimate of drug-likeness (QED) is 0.523. The van der Waals surface area contributed by atoms with Crippen LogP contribution < -0.4 is 0 Å². The van der Waals surface area contributed by atoms with Gasteiger partial charge >= 0.3 is 140 Å². The van der Waals surface area contributed by atoms with Crippen LogP contribution in [0.3, 0.4) is 0 Å². The molecule has 3 aliphatic rings. The fraction of sp³-hybridized carbons (Fsp3) is 1.00. The van der Waals surface area contributed by atoms with Crippen molar-refractivity contribution in [2.24, 2.45) is 17.8 Å². The zero-order chi connectivity index (χ0) is 13.8. The summed E-state index contributed by atoms with van der Waals surface area (Å²) in [6, 6.07) is 0. The van der Waals surface area contributed by atoms with E-state index in [4.69, 9.17) is 0 Å². The molecule has 3 rings (SSSR count). The summed E-state index contributed by atoms with van der Waals surface area (Å²) in [7, 11) is 0. The molecule has 0 aromatic heterocycles. The molecule has 1 heteroatoms. The first-order valence-electron chi connectivity index (χ1n) is 9.57. The first kappa shape index (κ1) is 15.7. The number of rotatable bonds is 3. The van der Waals surface area contributed by atoms with Gasteiger partial charge < -0.3 is 0 Å². The van der Waals surface area contributed by atoms with E-state index >= 15 is 0 Å². The minimum absolute atomic E-state index is 0.800. The molecule has 3 radical (unpaired) electrons. The molecule has 0 aliphatic heterocycles. The van der Waals surface area contributed by atoms with E-state index in [1.165, 1.54) is 19.3 Å². The molecule has 0 saturated heterocycles. The molecule has 3 aliphatic carbocycles. The zero-order valence-corrected chi connectivity index (χ0v) is 16.2. The second-order valence-corrected chi connectivity index (χ2v) is 10.4. The van der Waals surface area contributed by atoms with Gasteiger partial charge in [-0.2, -0.15) is 0 Å². The molecular formula is C19H33Sn. The van der Waals surface area contributed by atoms with Crippen LogP contribution in [0.1, 0.15) is 96.3 Å². The summed E-state index contributed by atoms with van der Waals surface area (Å²) in [5.41, 5.74) is 0. The predicted octanol–water partition coefficient (Wildman–Crippen LogP) is 6.05. The molecule has 3 fully saturated rings. The summed E-state index contributed by atoms with van der Waals surface area (Å²) in [6.07, 6.45) is 23.3. The second-order valence-electron chi connectivity index (χ2n) is 7.94. The van der Waals surface area contributed by atoms with Gasteiger partial charge in [0.1, 0.15) is 0 Å². The third-order valence-electron chi connectivity index (χ3n) is 6.84. The van der Waals surface area contributed by atoms with Crippen LogP contribution in [0.5, 0.6) is 0 Å². The van der Waals surface area contributed by atoms with Crippen LogP contribution in [0.25, 0.3) is 0 Å². The summed E-state index contributed by atoms with van der Waals surface area (Å²) in [6.45, 7) is 0. The predicted molar refractivity (Wildman–Crippen MR) is 88.2 cm³/mol. The Balaban J connectivity index is 1.79. The Labute approximate surface area is 139 Å². The van der Waals surface area contributed by atoms with E-state index in [1.807, 2.05) is 22.5 Å². The van der Waals surface area contributed by atoms with Crippen LogP contribution in [0.4, 0.5) is 0 Å². The molecule has 0 nitrogen and oxygen atoms in total. The van der Waals surface area contributed by atoms with Gasteiger partial charge in [-0.3, -0.25) is 0 Å². The Morgan fingerprint density at radius 3 is 0.950 bits per heavy atom. The Bertz CT molecular complexity index is 235. The van der Waals surface area contributed by atoms with E-state index in [1.54, 1.807) is 77.0 Å². The summed E-state index contributed by atoms with van der Waals surface area (Å²) in [5.74, 6) is 3.34. The first-order valence-corrected chi connectivity index (χ1v) is 11.0. The van der Waals surface area contributed by atoms with Crippen LogP contribution in [-0.2, 0) is 0 Å². The van der Waals surface area contributed by atoms with Gasteiger partial charge in [0.15, 0.2) is 0 Å². The van der Waals surface area contributed by atoms with Crippen molar-refractivity contribution in [1.29, 1.82) is 0 Å². The van der Waals surface area contributed by atoms with Crippen LogP contribution in [0.2, 0.25) is 3.43 Å². The van der Waals surface area contributed by atoms with Crippen molar-refractivity contribution < 1.29 is 0 Å². The maximum absolute atomic E-state index is 1.94. The van der Waals surface area contributed by atoms with Crippen molar-refractivity contribution >= 4 is 22.5 Å². The van der Waals surface area contributed by atoms with E-state index < -0.39 is 0 Å². The van der Waals surface area contributed by atoms with Gasteiger partial charge in [0.05, 0.1) is 0 Å². The Hall–Kier alpha value is 0.799. The van der Waals surface area contributed by atoms with Crippen molar-refractivity contribution in [2.45, 2.75) is 99.7 Å². The maximum atomic E-state index is 1.94. The van der Waals surface area contributed by atoms with E-state index in [2.05, 4.69) is 0 Å². The molecule has 0 unspecified atom stereocenters. The average molecular weight is 380 g/mol.